The van der Waals surface area contributed by atoms with E-state index in [2.05, 4.69) is 26.1 Å². The number of carbonyl (C=O) groups excluding carboxylic acids is 1. The fourth-order valence-corrected chi connectivity index (χ4v) is 2.67. The number of rotatable bonds is 5. The molecule has 0 saturated heterocycles. The maximum Gasteiger partial charge on any atom is 0.224 e. The first-order chi connectivity index (χ1) is 8.50. The third-order valence-corrected chi connectivity index (χ3v) is 3.97. The molecule has 0 aromatic carbocycles. The van der Waals surface area contributed by atoms with Gasteiger partial charge in [-0.15, -0.1) is 0 Å². The van der Waals surface area contributed by atoms with Crippen LogP contribution in [-0.4, -0.2) is 18.0 Å². The van der Waals surface area contributed by atoms with Crippen molar-refractivity contribution in [2.45, 2.75) is 77.8 Å². The van der Waals surface area contributed by atoms with Crippen molar-refractivity contribution in [1.82, 2.24) is 5.32 Å². The van der Waals surface area contributed by atoms with E-state index in [1.165, 1.54) is 12.8 Å². The molecule has 3 atom stereocenters. The predicted molar refractivity (Wildman–Crippen MR) is 76.2 cm³/mol. The number of carbonyl (C=O) groups is 1. The molecule has 1 amide bonds. The van der Waals surface area contributed by atoms with E-state index in [-0.39, 0.29) is 23.9 Å². The lowest BCUT2D eigenvalue weighted by Gasteiger charge is -2.23. The molecule has 106 valence electrons. The molecule has 1 rings (SSSR count). The van der Waals surface area contributed by atoms with Crippen LogP contribution in [0.4, 0.5) is 0 Å². The minimum atomic E-state index is 0.0361. The Labute approximate surface area is 112 Å². The summed E-state index contributed by atoms with van der Waals surface area (Å²) in [6.07, 6.45) is 7.73. The third-order valence-electron chi connectivity index (χ3n) is 3.97. The van der Waals surface area contributed by atoms with Crippen LogP contribution in [0.5, 0.6) is 0 Å². The summed E-state index contributed by atoms with van der Waals surface area (Å²) in [6, 6.07) is 0.333. The summed E-state index contributed by atoms with van der Waals surface area (Å²) < 4.78 is 0. The molecule has 0 aliphatic heterocycles. The van der Waals surface area contributed by atoms with Gasteiger partial charge in [0.15, 0.2) is 0 Å². The molecule has 0 radical (unpaired) electrons. The third kappa shape index (κ3) is 5.38. The van der Waals surface area contributed by atoms with Gasteiger partial charge in [0, 0.05) is 12.1 Å². The van der Waals surface area contributed by atoms with E-state index in [1.807, 2.05) is 0 Å². The normalized spacial score (nSPS) is 26.7. The van der Waals surface area contributed by atoms with Crippen LogP contribution in [0, 0.1) is 11.8 Å². The van der Waals surface area contributed by atoms with Gasteiger partial charge >= 0.3 is 0 Å². The minimum Gasteiger partial charge on any atom is -0.353 e. The number of nitrogens with one attached hydrogen (secondary N) is 1. The summed E-state index contributed by atoms with van der Waals surface area (Å²) in [4.78, 5) is 12.2. The molecule has 0 aromatic heterocycles. The van der Waals surface area contributed by atoms with Crippen LogP contribution in [0.3, 0.4) is 0 Å². The van der Waals surface area contributed by atoms with Gasteiger partial charge in [-0.1, -0.05) is 33.1 Å². The molecule has 18 heavy (non-hydrogen) atoms. The van der Waals surface area contributed by atoms with E-state index in [0.29, 0.717) is 5.92 Å². The molecular weight excluding hydrogens is 224 g/mol. The van der Waals surface area contributed by atoms with Crippen LogP contribution in [-0.2, 0) is 4.79 Å². The molecule has 1 saturated carbocycles. The molecule has 3 N–H and O–H groups in total. The van der Waals surface area contributed by atoms with Crippen molar-refractivity contribution in [3.05, 3.63) is 0 Å². The highest BCUT2D eigenvalue weighted by atomic mass is 16.2. The van der Waals surface area contributed by atoms with Crippen molar-refractivity contribution in [2.24, 2.45) is 17.6 Å². The summed E-state index contributed by atoms with van der Waals surface area (Å²) in [6.45, 7) is 6.54. The van der Waals surface area contributed by atoms with Crippen LogP contribution in [0.25, 0.3) is 0 Å². The zero-order valence-corrected chi connectivity index (χ0v) is 12.2. The molecule has 0 spiro atoms. The van der Waals surface area contributed by atoms with Gasteiger partial charge in [-0.3, -0.25) is 4.79 Å². The minimum absolute atomic E-state index is 0.0361. The standard InChI is InChI=1S/C15H30N2O/c1-11(2)9-10-12(3)17-15(18)13-7-5-4-6-8-14(13)16/h11-14H,4-10,16H2,1-3H3,(H,17,18). The molecule has 1 aliphatic rings. The van der Waals surface area contributed by atoms with Gasteiger partial charge in [-0.2, -0.15) is 0 Å². The first kappa shape index (κ1) is 15.5. The van der Waals surface area contributed by atoms with Crippen molar-refractivity contribution in [3.63, 3.8) is 0 Å². The number of hydrogen-bond acceptors (Lipinski definition) is 2. The van der Waals surface area contributed by atoms with Gasteiger partial charge in [0.2, 0.25) is 5.91 Å². The van der Waals surface area contributed by atoms with Gasteiger partial charge in [-0.25, -0.2) is 0 Å². The van der Waals surface area contributed by atoms with Crippen LogP contribution < -0.4 is 11.1 Å². The molecule has 3 unspecified atom stereocenters. The van der Waals surface area contributed by atoms with Crippen molar-refractivity contribution in [1.29, 1.82) is 0 Å². The first-order valence-electron chi connectivity index (χ1n) is 7.56. The molecule has 3 heteroatoms. The predicted octanol–water partition coefficient (Wildman–Crippen LogP) is 2.83. The van der Waals surface area contributed by atoms with E-state index >= 15 is 0 Å². The fourth-order valence-electron chi connectivity index (χ4n) is 2.67. The van der Waals surface area contributed by atoms with Crippen LogP contribution in [0.1, 0.15) is 65.7 Å². The smallest absolute Gasteiger partial charge is 0.224 e. The lowest BCUT2D eigenvalue weighted by atomic mass is 9.94. The van der Waals surface area contributed by atoms with Crippen LogP contribution in [0.2, 0.25) is 0 Å². The van der Waals surface area contributed by atoms with E-state index in [0.717, 1.165) is 32.1 Å². The second kappa shape index (κ2) is 7.78. The number of hydrogen-bond donors (Lipinski definition) is 2. The summed E-state index contributed by atoms with van der Waals surface area (Å²) in [5.41, 5.74) is 6.12. The molecule has 0 heterocycles. The van der Waals surface area contributed by atoms with Crippen LogP contribution >= 0.6 is 0 Å². The Morgan fingerprint density at radius 1 is 1.17 bits per heavy atom. The highest BCUT2D eigenvalue weighted by Gasteiger charge is 2.27. The zero-order chi connectivity index (χ0) is 13.5. The Balaban J connectivity index is 2.38. The quantitative estimate of drug-likeness (QED) is 0.741. The Morgan fingerprint density at radius 2 is 1.83 bits per heavy atom. The fraction of sp³-hybridized carbons (Fsp3) is 0.933. The van der Waals surface area contributed by atoms with Crippen molar-refractivity contribution < 1.29 is 4.79 Å². The average Bonchev–Trinajstić information content (AvgIpc) is 2.51. The topological polar surface area (TPSA) is 55.1 Å². The highest BCUT2D eigenvalue weighted by molar-refractivity contribution is 5.79. The van der Waals surface area contributed by atoms with Crippen molar-refractivity contribution in [3.8, 4) is 0 Å². The van der Waals surface area contributed by atoms with Crippen LogP contribution in [0.15, 0.2) is 0 Å². The molecule has 0 bridgehead atoms. The number of amides is 1. The first-order valence-corrected chi connectivity index (χ1v) is 7.56. The summed E-state index contributed by atoms with van der Waals surface area (Å²) in [5, 5.41) is 3.14. The Hall–Kier alpha value is -0.570. The Morgan fingerprint density at radius 3 is 2.50 bits per heavy atom. The van der Waals surface area contributed by atoms with Gasteiger partial charge < -0.3 is 11.1 Å². The Kier molecular flexibility index (Phi) is 6.69. The van der Waals surface area contributed by atoms with Crippen molar-refractivity contribution >= 4 is 5.91 Å². The molecular formula is C15H30N2O. The average molecular weight is 254 g/mol. The summed E-state index contributed by atoms with van der Waals surface area (Å²) >= 11 is 0. The van der Waals surface area contributed by atoms with E-state index < -0.39 is 0 Å². The monoisotopic (exact) mass is 254 g/mol. The van der Waals surface area contributed by atoms with E-state index in [4.69, 9.17) is 5.73 Å². The summed E-state index contributed by atoms with van der Waals surface area (Å²) in [7, 11) is 0. The SMILES string of the molecule is CC(C)CCC(C)NC(=O)C1CCCCCC1N. The molecule has 3 nitrogen and oxygen atoms in total. The lowest BCUT2D eigenvalue weighted by molar-refractivity contribution is -0.126. The van der Waals surface area contributed by atoms with Gasteiger partial charge in [0.1, 0.15) is 0 Å². The molecule has 0 aromatic rings. The maximum absolute atomic E-state index is 12.2. The molecule has 1 fully saturated rings. The second-order valence-corrected chi connectivity index (χ2v) is 6.29. The largest absolute Gasteiger partial charge is 0.353 e. The Bertz CT molecular complexity index is 253. The van der Waals surface area contributed by atoms with Crippen molar-refractivity contribution in [2.75, 3.05) is 0 Å². The van der Waals surface area contributed by atoms with Gasteiger partial charge in [-0.05, 0) is 38.5 Å². The lowest BCUT2D eigenvalue weighted by Crippen LogP contribution is -2.44. The molecule has 1 aliphatic carbocycles. The van der Waals surface area contributed by atoms with Gasteiger partial charge in [0.25, 0.3) is 0 Å². The highest BCUT2D eigenvalue weighted by Crippen LogP contribution is 2.22. The van der Waals surface area contributed by atoms with E-state index in [9.17, 15) is 4.79 Å². The second-order valence-electron chi connectivity index (χ2n) is 6.29. The summed E-state index contributed by atoms with van der Waals surface area (Å²) in [5.74, 6) is 0.916. The number of nitrogens with two attached hydrogens (primary N) is 1. The zero-order valence-electron chi connectivity index (χ0n) is 12.2. The van der Waals surface area contributed by atoms with E-state index in [1.54, 1.807) is 0 Å². The van der Waals surface area contributed by atoms with Gasteiger partial charge in [0.05, 0.1) is 5.92 Å². The maximum atomic E-state index is 12.2.